The summed E-state index contributed by atoms with van der Waals surface area (Å²) in [5.74, 6) is 0.0330. The van der Waals surface area contributed by atoms with Crippen LogP contribution in [-0.4, -0.2) is 51.8 Å². The van der Waals surface area contributed by atoms with Crippen molar-refractivity contribution in [2.45, 2.75) is 18.9 Å². The molecule has 0 bridgehead atoms. The van der Waals surface area contributed by atoms with Gasteiger partial charge in [0.25, 0.3) is 5.91 Å². The first kappa shape index (κ1) is 22.9. The van der Waals surface area contributed by atoms with Crippen LogP contribution in [0.4, 0.5) is 0 Å². The lowest BCUT2D eigenvalue weighted by Crippen LogP contribution is -2.44. The predicted molar refractivity (Wildman–Crippen MR) is 119 cm³/mol. The Morgan fingerprint density at radius 1 is 1.07 bits per heavy atom. The number of pyridine rings is 1. The maximum absolute atomic E-state index is 13.3. The molecule has 3 heterocycles. The average molecular weight is 434 g/mol. The van der Waals surface area contributed by atoms with Gasteiger partial charge >= 0.3 is 0 Å². The first-order valence-electron chi connectivity index (χ1n) is 9.28. The standard InChI is InChI=1S/C21H23N5O.2ClH/c1-22-17-9-12-25(13-10-17)21(27)19-15-26(18-7-3-2-4-8-18)24-20(19)16-6-5-11-23-14-16;;/h2-8,11,14-15,17,22H,9-10,12-13H2,1H3;2*1H. The molecule has 3 aromatic rings. The Hall–Kier alpha value is -2.41. The van der Waals surface area contributed by atoms with Crippen LogP contribution < -0.4 is 5.32 Å². The van der Waals surface area contributed by atoms with Crippen molar-refractivity contribution in [2.75, 3.05) is 20.1 Å². The predicted octanol–water partition coefficient (Wildman–Crippen LogP) is 3.60. The molecule has 1 amide bonds. The van der Waals surface area contributed by atoms with Crippen molar-refractivity contribution in [1.29, 1.82) is 0 Å². The zero-order chi connectivity index (χ0) is 18.6. The van der Waals surface area contributed by atoms with Gasteiger partial charge in [-0.3, -0.25) is 9.78 Å². The number of piperidine rings is 1. The molecule has 1 aliphatic rings. The van der Waals surface area contributed by atoms with E-state index in [4.69, 9.17) is 5.10 Å². The van der Waals surface area contributed by atoms with Crippen molar-refractivity contribution in [3.8, 4) is 16.9 Å². The number of amides is 1. The van der Waals surface area contributed by atoms with Gasteiger partial charge in [-0.15, -0.1) is 24.8 Å². The molecule has 1 saturated heterocycles. The summed E-state index contributed by atoms with van der Waals surface area (Å²) in [6.45, 7) is 1.51. The van der Waals surface area contributed by atoms with Crippen molar-refractivity contribution in [2.24, 2.45) is 0 Å². The Kier molecular flexibility index (Phi) is 8.20. The van der Waals surface area contributed by atoms with Crippen molar-refractivity contribution >= 4 is 30.7 Å². The topological polar surface area (TPSA) is 63.1 Å². The molecule has 0 atom stereocenters. The lowest BCUT2D eigenvalue weighted by Gasteiger charge is -2.31. The van der Waals surface area contributed by atoms with E-state index in [1.54, 1.807) is 17.1 Å². The van der Waals surface area contributed by atoms with E-state index < -0.39 is 0 Å². The lowest BCUT2D eigenvalue weighted by molar-refractivity contribution is 0.0708. The highest BCUT2D eigenvalue weighted by molar-refractivity contribution is 6.00. The molecule has 2 aromatic heterocycles. The van der Waals surface area contributed by atoms with E-state index in [-0.39, 0.29) is 30.7 Å². The second-order valence-corrected chi connectivity index (χ2v) is 6.77. The first-order valence-corrected chi connectivity index (χ1v) is 9.28. The third-order valence-corrected chi connectivity index (χ3v) is 5.09. The van der Waals surface area contributed by atoms with Gasteiger partial charge in [0.2, 0.25) is 0 Å². The summed E-state index contributed by atoms with van der Waals surface area (Å²) in [5.41, 5.74) is 3.07. The quantitative estimate of drug-likeness (QED) is 0.682. The fraction of sp³-hybridized carbons (Fsp3) is 0.286. The molecule has 1 fully saturated rings. The highest BCUT2D eigenvalue weighted by atomic mass is 35.5. The van der Waals surface area contributed by atoms with Crippen molar-refractivity contribution in [3.05, 3.63) is 66.6 Å². The molecule has 29 heavy (non-hydrogen) atoms. The monoisotopic (exact) mass is 433 g/mol. The SMILES string of the molecule is CNC1CCN(C(=O)c2cn(-c3ccccc3)nc2-c2cccnc2)CC1.Cl.Cl. The molecule has 0 unspecified atom stereocenters. The van der Waals surface area contributed by atoms with Crippen LogP contribution in [0, 0.1) is 0 Å². The van der Waals surface area contributed by atoms with E-state index in [1.807, 2.05) is 60.6 Å². The molecular weight excluding hydrogens is 409 g/mol. The van der Waals surface area contributed by atoms with Crippen LogP contribution in [0.1, 0.15) is 23.2 Å². The van der Waals surface area contributed by atoms with Crippen LogP contribution in [0.2, 0.25) is 0 Å². The summed E-state index contributed by atoms with van der Waals surface area (Å²) >= 11 is 0. The van der Waals surface area contributed by atoms with Gasteiger partial charge in [-0.2, -0.15) is 5.10 Å². The number of carbonyl (C=O) groups is 1. The fourth-order valence-electron chi connectivity index (χ4n) is 3.50. The number of benzene rings is 1. The summed E-state index contributed by atoms with van der Waals surface area (Å²) in [7, 11) is 1.98. The number of rotatable bonds is 4. The van der Waals surface area contributed by atoms with Gasteiger partial charge in [-0.25, -0.2) is 4.68 Å². The molecule has 1 aliphatic heterocycles. The van der Waals surface area contributed by atoms with Gasteiger partial charge in [-0.05, 0) is 44.2 Å². The van der Waals surface area contributed by atoms with Gasteiger partial charge in [0.05, 0.1) is 11.3 Å². The Morgan fingerprint density at radius 2 is 1.79 bits per heavy atom. The maximum Gasteiger partial charge on any atom is 0.257 e. The average Bonchev–Trinajstić information content (AvgIpc) is 3.20. The van der Waals surface area contributed by atoms with Gasteiger partial charge < -0.3 is 10.2 Å². The zero-order valence-corrected chi connectivity index (χ0v) is 17.8. The molecule has 0 radical (unpaired) electrons. The Labute approximate surface area is 183 Å². The molecule has 0 aliphatic carbocycles. The van der Waals surface area contributed by atoms with E-state index >= 15 is 0 Å². The van der Waals surface area contributed by atoms with Crippen LogP contribution in [0.3, 0.4) is 0 Å². The summed E-state index contributed by atoms with van der Waals surface area (Å²) in [6.07, 6.45) is 7.25. The number of hydrogen-bond donors (Lipinski definition) is 1. The molecule has 1 aromatic carbocycles. The van der Waals surface area contributed by atoms with Crippen molar-refractivity contribution < 1.29 is 4.79 Å². The van der Waals surface area contributed by atoms with E-state index in [0.29, 0.717) is 17.3 Å². The highest BCUT2D eigenvalue weighted by Crippen LogP contribution is 2.25. The van der Waals surface area contributed by atoms with Crippen LogP contribution in [-0.2, 0) is 0 Å². The van der Waals surface area contributed by atoms with Gasteiger partial charge in [-0.1, -0.05) is 18.2 Å². The summed E-state index contributed by atoms with van der Waals surface area (Å²) in [4.78, 5) is 19.4. The molecule has 8 heteroatoms. The number of nitrogens with one attached hydrogen (secondary N) is 1. The van der Waals surface area contributed by atoms with E-state index in [0.717, 1.165) is 37.2 Å². The zero-order valence-electron chi connectivity index (χ0n) is 16.2. The summed E-state index contributed by atoms with van der Waals surface area (Å²) < 4.78 is 1.77. The van der Waals surface area contributed by atoms with Crippen LogP contribution in [0.5, 0.6) is 0 Å². The molecule has 1 N–H and O–H groups in total. The number of para-hydroxylation sites is 1. The summed E-state index contributed by atoms with van der Waals surface area (Å²) in [5, 5.41) is 8.02. The minimum absolute atomic E-state index is 0. The van der Waals surface area contributed by atoms with E-state index in [2.05, 4.69) is 10.3 Å². The van der Waals surface area contributed by atoms with Crippen LogP contribution in [0.15, 0.2) is 61.1 Å². The number of hydrogen-bond acceptors (Lipinski definition) is 4. The van der Waals surface area contributed by atoms with Gasteiger partial charge in [0, 0.05) is 43.3 Å². The fourth-order valence-corrected chi connectivity index (χ4v) is 3.50. The van der Waals surface area contributed by atoms with Crippen molar-refractivity contribution in [1.82, 2.24) is 25.0 Å². The van der Waals surface area contributed by atoms with Crippen LogP contribution >= 0.6 is 24.8 Å². The van der Waals surface area contributed by atoms with Gasteiger partial charge in [0.1, 0.15) is 5.69 Å². The molecule has 4 rings (SSSR count). The van der Waals surface area contributed by atoms with E-state index in [9.17, 15) is 4.79 Å². The number of likely N-dealkylation sites (tertiary alicyclic amines) is 1. The number of nitrogens with zero attached hydrogens (tertiary/aromatic N) is 4. The lowest BCUT2D eigenvalue weighted by atomic mass is 10.0. The maximum atomic E-state index is 13.3. The molecule has 0 saturated carbocycles. The Balaban J connectivity index is 0.00000150. The molecule has 154 valence electrons. The first-order chi connectivity index (χ1) is 13.3. The minimum atomic E-state index is 0. The largest absolute Gasteiger partial charge is 0.338 e. The third kappa shape index (κ3) is 4.96. The van der Waals surface area contributed by atoms with E-state index in [1.165, 1.54) is 0 Å². The number of carbonyl (C=O) groups excluding carboxylic acids is 1. The second kappa shape index (κ2) is 10.4. The van der Waals surface area contributed by atoms with Crippen molar-refractivity contribution in [3.63, 3.8) is 0 Å². The Bertz CT molecular complexity index is 909. The van der Waals surface area contributed by atoms with Gasteiger partial charge in [0.15, 0.2) is 0 Å². The molecule has 0 spiro atoms. The minimum Gasteiger partial charge on any atom is -0.338 e. The smallest absolute Gasteiger partial charge is 0.257 e. The normalized spacial score (nSPS) is 14.0. The highest BCUT2D eigenvalue weighted by Gasteiger charge is 2.27. The molecule has 6 nitrogen and oxygen atoms in total. The number of halogens is 2. The Morgan fingerprint density at radius 3 is 2.41 bits per heavy atom. The second-order valence-electron chi connectivity index (χ2n) is 6.77. The number of aromatic nitrogens is 3. The molecular formula is C21H25Cl2N5O. The summed E-state index contributed by atoms with van der Waals surface area (Å²) in [6, 6.07) is 14.1. The van der Waals surface area contributed by atoms with Crippen LogP contribution in [0.25, 0.3) is 16.9 Å². The third-order valence-electron chi connectivity index (χ3n) is 5.09.